The SMILES string of the molecule is CCOC(=O)/C=c1/s/c(=C/c2ccc(C(=O)OC)cc2)c(=O)n1CC(N)=O. The van der Waals surface area contributed by atoms with Gasteiger partial charge in [0.1, 0.15) is 11.2 Å². The van der Waals surface area contributed by atoms with Crippen LogP contribution in [0.2, 0.25) is 0 Å². The summed E-state index contributed by atoms with van der Waals surface area (Å²) < 4.78 is 11.2. The predicted octanol–water partition coefficient (Wildman–Crippen LogP) is -0.646. The van der Waals surface area contributed by atoms with Crippen LogP contribution in [0.3, 0.4) is 0 Å². The second-order valence-corrected chi connectivity index (χ2v) is 6.38. The summed E-state index contributed by atoms with van der Waals surface area (Å²) in [6.45, 7) is 1.50. The van der Waals surface area contributed by atoms with Gasteiger partial charge in [-0.05, 0) is 30.7 Å². The molecule has 0 saturated heterocycles. The monoisotopic (exact) mass is 390 g/mol. The van der Waals surface area contributed by atoms with Crippen molar-refractivity contribution in [1.82, 2.24) is 4.57 Å². The number of amides is 1. The predicted molar refractivity (Wildman–Crippen MR) is 99.5 cm³/mol. The summed E-state index contributed by atoms with van der Waals surface area (Å²) in [7, 11) is 1.29. The number of hydrogen-bond acceptors (Lipinski definition) is 7. The Morgan fingerprint density at radius 1 is 1.22 bits per heavy atom. The van der Waals surface area contributed by atoms with Gasteiger partial charge in [-0.15, -0.1) is 11.3 Å². The van der Waals surface area contributed by atoms with Crippen LogP contribution in [-0.2, 0) is 25.6 Å². The minimum atomic E-state index is -0.706. The third-order valence-corrected chi connectivity index (χ3v) is 4.47. The maximum atomic E-state index is 12.6. The number of ether oxygens (including phenoxy) is 2. The van der Waals surface area contributed by atoms with Gasteiger partial charge in [-0.3, -0.25) is 14.2 Å². The van der Waals surface area contributed by atoms with Crippen LogP contribution in [0.15, 0.2) is 29.1 Å². The van der Waals surface area contributed by atoms with Crippen LogP contribution in [-0.4, -0.2) is 36.1 Å². The van der Waals surface area contributed by atoms with E-state index in [0.29, 0.717) is 15.7 Å². The number of thiazole rings is 1. The van der Waals surface area contributed by atoms with Crippen LogP contribution < -0.4 is 20.5 Å². The molecule has 1 aromatic heterocycles. The largest absolute Gasteiger partial charge is 0.465 e. The first-order valence-electron chi connectivity index (χ1n) is 7.92. The van der Waals surface area contributed by atoms with Gasteiger partial charge in [-0.2, -0.15) is 0 Å². The summed E-state index contributed by atoms with van der Waals surface area (Å²) in [4.78, 5) is 47.0. The van der Waals surface area contributed by atoms with Crippen LogP contribution in [0.25, 0.3) is 12.2 Å². The molecular weight excluding hydrogens is 372 g/mol. The fraction of sp³-hybridized carbons (Fsp3) is 0.222. The van der Waals surface area contributed by atoms with Crippen molar-refractivity contribution in [2.75, 3.05) is 13.7 Å². The number of nitrogens with zero attached hydrogens (tertiary/aromatic N) is 1. The Bertz CT molecular complexity index is 1030. The molecule has 1 heterocycles. The third-order valence-electron chi connectivity index (χ3n) is 3.41. The van der Waals surface area contributed by atoms with Gasteiger partial charge in [-0.25, -0.2) is 9.59 Å². The molecule has 27 heavy (non-hydrogen) atoms. The third kappa shape index (κ3) is 5.14. The van der Waals surface area contributed by atoms with Gasteiger partial charge in [0.2, 0.25) is 5.91 Å². The number of benzene rings is 1. The van der Waals surface area contributed by atoms with Gasteiger partial charge in [-0.1, -0.05) is 12.1 Å². The number of aromatic nitrogens is 1. The first-order chi connectivity index (χ1) is 12.8. The minimum absolute atomic E-state index is 0.187. The Balaban J connectivity index is 2.53. The minimum Gasteiger partial charge on any atom is -0.465 e. The first kappa shape index (κ1) is 20.1. The first-order valence-corrected chi connectivity index (χ1v) is 8.74. The van der Waals surface area contributed by atoms with Crippen molar-refractivity contribution in [2.24, 2.45) is 5.73 Å². The zero-order valence-electron chi connectivity index (χ0n) is 14.8. The highest BCUT2D eigenvalue weighted by molar-refractivity contribution is 7.07. The highest BCUT2D eigenvalue weighted by Gasteiger charge is 2.09. The van der Waals surface area contributed by atoms with Crippen molar-refractivity contribution in [3.05, 3.63) is 54.9 Å². The normalized spacial score (nSPS) is 12.1. The van der Waals surface area contributed by atoms with Gasteiger partial charge >= 0.3 is 11.9 Å². The lowest BCUT2D eigenvalue weighted by atomic mass is 10.1. The molecule has 0 aliphatic heterocycles. The highest BCUT2D eigenvalue weighted by Crippen LogP contribution is 2.06. The van der Waals surface area contributed by atoms with Crippen LogP contribution in [0.1, 0.15) is 22.8 Å². The van der Waals surface area contributed by atoms with Gasteiger partial charge in [0.15, 0.2) is 0 Å². The molecule has 0 unspecified atom stereocenters. The Kier molecular flexibility index (Phi) is 6.67. The molecule has 0 bridgehead atoms. The van der Waals surface area contributed by atoms with Gasteiger partial charge in [0, 0.05) is 0 Å². The van der Waals surface area contributed by atoms with E-state index in [1.807, 2.05) is 0 Å². The number of esters is 2. The molecule has 0 aliphatic carbocycles. The van der Waals surface area contributed by atoms with Gasteiger partial charge in [0.25, 0.3) is 5.56 Å². The molecule has 8 nitrogen and oxygen atoms in total. The van der Waals surface area contributed by atoms with E-state index in [4.69, 9.17) is 10.5 Å². The van der Waals surface area contributed by atoms with Gasteiger partial charge in [0.05, 0.1) is 29.9 Å². The standard InChI is InChI=1S/C18H18N2O6S/c1-3-26-16(22)9-15-20(10-14(19)21)17(23)13(27-15)8-11-4-6-12(7-5-11)18(24)25-2/h4-9H,3,10H2,1-2H3,(H2,19,21)/b13-8+,15-9+. The Morgan fingerprint density at radius 2 is 1.89 bits per heavy atom. The fourth-order valence-corrected chi connectivity index (χ4v) is 3.25. The van der Waals surface area contributed by atoms with Crippen LogP contribution >= 0.6 is 11.3 Å². The molecule has 2 rings (SSSR count). The molecule has 1 amide bonds. The molecule has 0 atom stereocenters. The molecule has 1 aromatic carbocycles. The van der Waals surface area contributed by atoms with E-state index < -0.39 is 23.4 Å². The molecule has 142 valence electrons. The topological polar surface area (TPSA) is 118 Å². The number of primary amides is 1. The molecule has 9 heteroatoms. The maximum absolute atomic E-state index is 12.6. The average Bonchev–Trinajstić information content (AvgIpc) is 2.90. The molecule has 0 fully saturated rings. The average molecular weight is 390 g/mol. The number of carbonyl (C=O) groups is 3. The molecular formula is C18H18N2O6S. The Morgan fingerprint density at radius 3 is 2.44 bits per heavy atom. The van der Waals surface area contributed by atoms with E-state index >= 15 is 0 Å². The maximum Gasteiger partial charge on any atom is 0.337 e. The highest BCUT2D eigenvalue weighted by atomic mass is 32.1. The van der Waals surface area contributed by atoms with Crippen molar-refractivity contribution in [2.45, 2.75) is 13.5 Å². The Labute approximate surface area is 158 Å². The molecule has 0 aliphatic rings. The van der Waals surface area contributed by atoms with E-state index in [-0.39, 0.29) is 17.8 Å². The summed E-state index contributed by atoms with van der Waals surface area (Å²) in [5.74, 6) is -1.79. The van der Waals surface area contributed by atoms with Crippen molar-refractivity contribution >= 4 is 41.3 Å². The number of carbonyl (C=O) groups excluding carboxylic acids is 3. The van der Waals surface area contributed by atoms with Crippen molar-refractivity contribution in [1.29, 1.82) is 0 Å². The van der Waals surface area contributed by atoms with Crippen molar-refractivity contribution in [3.8, 4) is 0 Å². The van der Waals surface area contributed by atoms with E-state index in [0.717, 1.165) is 22.0 Å². The second kappa shape index (κ2) is 8.95. The lowest BCUT2D eigenvalue weighted by Crippen LogP contribution is -2.36. The quantitative estimate of drug-likeness (QED) is 0.655. The summed E-state index contributed by atoms with van der Waals surface area (Å²) >= 11 is 1.03. The number of rotatable bonds is 6. The lowest BCUT2D eigenvalue weighted by Gasteiger charge is -1.98. The van der Waals surface area contributed by atoms with Crippen LogP contribution in [0.4, 0.5) is 0 Å². The molecule has 2 aromatic rings. The summed E-state index contributed by atoms with van der Waals surface area (Å²) in [5.41, 5.74) is 5.78. The number of nitrogens with two attached hydrogens (primary N) is 1. The van der Waals surface area contributed by atoms with E-state index in [1.165, 1.54) is 7.11 Å². The second-order valence-electron chi connectivity index (χ2n) is 5.32. The summed E-state index contributed by atoms with van der Waals surface area (Å²) in [6, 6.07) is 6.44. The summed E-state index contributed by atoms with van der Waals surface area (Å²) in [6.07, 6.45) is 2.74. The number of hydrogen-bond donors (Lipinski definition) is 1. The molecule has 0 radical (unpaired) electrons. The molecule has 0 saturated carbocycles. The van der Waals surface area contributed by atoms with Crippen molar-refractivity contribution in [3.63, 3.8) is 0 Å². The molecule has 2 N–H and O–H groups in total. The van der Waals surface area contributed by atoms with Crippen LogP contribution in [0.5, 0.6) is 0 Å². The van der Waals surface area contributed by atoms with E-state index in [2.05, 4.69) is 4.74 Å². The smallest absolute Gasteiger partial charge is 0.337 e. The Hall–Kier alpha value is -3.20. The van der Waals surface area contributed by atoms with E-state index in [9.17, 15) is 19.2 Å². The lowest BCUT2D eigenvalue weighted by molar-refractivity contribution is -0.135. The fourth-order valence-electron chi connectivity index (χ4n) is 2.22. The zero-order chi connectivity index (χ0) is 20.0. The van der Waals surface area contributed by atoms with Gasteiger partial charge < -0.3 is 15.2 Å². The summed E-state index contributed by atoms with van der Waals surface area (Å²) in [5, 5.41) is 0. The molecule has 0 spiro atoms. The zero-order valence-corrected chi connectivity index (χ0v) is 15.6. The van der Waals surface area contributed by atoms with Crippen LogP contribution in [0, 0.1) is 0 Å². The van der Waals surface area contributed by atoms with E-state index in [1.54, 1.807) is 37.3 Å². The number of methoxy groups -OCH3 is 1. The van der Waals surface area contributed by atoms with Crippen molar-refractivity contribution < 1.29 is 23.9 Å².